The Hall–Kier alpha value is -0.610. The van der Waals surface area contributed by atoms with Crippen molar-refractivity contribution in [2.75, 3.05) is 13.2 Å². The summed E-state index contributed by atoms with van der Waals surface area (Å²) in [6, 6.07) is 3.79. The Bertz CT molecular complexity index is 497. The minimum absolute atomic E-state index is 0.392. The Morgan fingerprint density at radius 3 is 2.50 bits per heavy atom. The summed E-state index contributed by atoms with van der Waals surface area (Å²) >= 11 is 6.26. The molecule has 1 aromatic carbocycles. The van der Waals surface area contributed by atoms with E-state index in [1.807, 2.05) is 26.0 Å². The molecule has 2 rings (SSSR count). The monoisotopic (exact) mass is 326 g/mol. The average molecular weight is 327 g/mol. The van der Waals surface area contributed by atoms with E-state index in [9.17, 15) is 5.11 Å². The maximum atomic E-state index is 11.2. The highest BCUT2D eigenvalue weighted by Crippen LogP contribution is 2.40. The van der Waals surface area contributed by atoms with Crippen LogP contribution in [0.25, 0.3) is 0 Å². The SMILES string of the molecule is CCCCCC(O)(CC)c1cc(Cl)cc(C)c1C1OCCO1. The fourth-order valence-electron chi connectivity index (χ4n) is 3.15. The van der Waals surface area contributed by atoms with Crippen LogP contribution in [0.5, 0.6) is 0 Å². The summed E-state index contributed by atoms with van der Waals surface area (Å²) < 4.78 is 11.4. The van der Waals surface area contributed by atoms with Gasteiger partial charge in [0.2, 0.25) is 0 Å². The lowest BCUT2D eigenvalue weighted by molar-refractivity contribution is -0.0512. The van der Waals surface area contributed by atoms with Gasteiger partial charge >= 0.3 is 0 Å². The number of unbranched alkanes of at least 4 members (excludes halogenated alkanes) is 2. The van der Waals surface area contributed by atoms with E-state index >= 15 is 0 Å². The van der Waals surface area contributed by atoms with Crippen molar-refractivity contribution in [3.63, 3.8) is 0 Å². The van der Waals surface area contributed by atoms with Gasteiger partial charge in [-0.25, -0.2) is 0 Å². The van der Waals surface area contributed by atoms with E-state index in [4.69, 9.17) is 21.1 Å². The maximum Gasteiger partial charge on any atom is 0.184 e. The first kappa shape index (κ1) is 17.7. The first-order valence-electron chi connectivity index (χ1n) is 8.28. The Kier molecular flexibility index (Phi) is 6.27. The highest BCUT2D eigenvalue weighted by molar-refractivity contribution is 6.30. The van der Waals surface area contributed by atoms with Crippen LogP contribution in [0.2, 0.25) is 5.02 Å². The zero-order valence-electron chi connectivity index (χ0n) is 13.8. The first-order chi connectivity index (χ1) is 10.5. The third-order valence-electron chi connectivity index (χ3n) is 4.49. The second kappa shape index (κ2) is 7.78. The standard InChI is InChI=1S/C18H27ClO3/c1-4-6-7-8-18(20,5-2)15-12-14(19)11-13(3)16(15)17-21-9-10-22-17/h11-12,17,20H,4-10H2,1-3H3. The summed E-state index contributed by atoms with van der Waals surface area (Å²) in [6.45, 7) is 7.36. The Balaban J connectivity index is 2.41. The third kappa shape index (κ3) is 3.83. The summed E-state index contributed by atoms with van der Waals surface area (Å²) in [5.41, 5.74) is 1.94. The zero-order chi connectivity index (χ0) is 16.2. The summed E-state index contributed by atoms with van der Waals surface area (Å²) in [5, 5.41) is 11.9. The average Bonchev–Trinajstić information content (AvgIpc) is 3.00. The number of halogens is 1. The van der Waals surface area contributed by atoms with Crippen molar-refractivity contribution in [1.29, 1.82) is 0 Å². The predicted octanol–water partition coefficient (Wildman–Crippen LogP) is 4.87. The summed E-state index contributed by atoms with van der Waals surface area (Å²) in [5.74, 6) is 0. The lowest BCUT2D eigenvalue weighted by Gasteiger charge is -2.32. The molecule has 0 aromatic heterocycles. The van der Waals surface area contributed by atoms with Gasteiger partial charge in [-0.05, 0) is 43.0 Å². The summed E-state index contributed by atoms with van der Waals surface area (Å²) in [4.78, 5) is 0. The number of rotatable bonds is 7. The molecule has 1 aliphatic heterocycles. The van der Waals surface area contributed by atoms with Crippen molar-refractivity contribution >= 4 is 11.6 Å². The number of ether oxygens (including phenoxy) is 2. The van der Waals surface area contributed by atoms with Crippen molar-refractivity contribution in [2.45, 2.75) is 64.8 Å². The van der Waals surface area contributed by atoms with Crippen molar-refractivity contribution in [3.05, 3.63) is 33.8 Å². The van der Waals surface area contributed by atoms with Gasteiger partial charge in [-0.3, -0.25) is 0 Å². The molecule has 1 heterocycles. The largest absolute Gasteiger partial charge is 0.385 e. The molecule has 1 saturated heterocycles. The number of hydrogen-bond donors (Lipinski definition) is 1. The predicted molar refractivity (Wildman–Crippen MR) is 89.2 cm³/mol. The minimum atomic E-state index is -0.879. The highest BCUT2D eigenvalue weighted by atomic mass is 35.5. The molecule has 1 atom stereocenters. The van der Waals surface area contributed by atoms with Gasteiger partial charge in [-0.2, -0.15) is 0 Å². The van der Waals surface area contributed by atoms with E-state index in [0.29, 0.717) is 24.7 Å². The Morgan fingerprint density at radius 2 is 1.91 bits per heavy atom. The molecule has 4 heteroatoms. The van der Waals surface area contributed by atoms with E-state index in [0.717, 1.165) is 42.4 Å². The Labute approximate surface area is 138 Å². The van der Waals surface area contributed by atoms with Crippen LogP contribution in [0.3, 0.4) is 0 Å². The molecule has 0 radical (unpaired) electrons. The molecule has 1 aliphatic rings. The highest BCUT2D eigenvalue weighted by Gasteiger charge is 2.34. The van der Waals surface area contributed by atoms with Crippen molar-refractivity contribution in [2.24, 2.45) is 0 Å². The third-order valence-corrected chi connectivity index (χ3v) is 4.71. The molecular formula is C18H27ClO3. The van der Waals surface area contributed by atoms with Gasteiger partial charge in [0.1, 0.15) is 0 Å². The van der Waals surface area contributed by atoms with Gasteiger partial charge in [0.05, 0.1) is 18.8 Å². The van der Waals surface area contributed by atoms with Crippen molar-refractivity contribution in [3.8, 4) is 0 Å². The second-order valence-corrected chi connectivity index (χ2v) is 6.54. The van der Waals surface area contributed by atoms with Crippen LogP contribution in [0, 0.1) is 6.92 Å². The molecule has 1 fully saturated rings. The molecule has 22 heavy (non-hydrogen) atoms. The van der Waals surface area contributed by atoms with E-state index in [2.05, 4.69) is 6.92 Å². The van der Waals surface area contributed by atoms with E-state index in [-0.39, 0.29) is 0 Å². The maximum absolute atomic E-state index is 11.2. The quantitative estimate of drug-likeness (QED) is 0.726. The van der Waals surface area contributed by atoms with Crippen molar-refractivity contribution < 1.29 is 14.6 Å². The van der Waals surface area contributed by atoms with Crippen LogP contribution in [0.1, 0.15) is 68.9 Å². The van der Waals surface area contributed by atoms with Crippen LogP contribution in [-0.4, -0.2) is 18.3 Å². The molecule has 0 spiro atoms. The molecule has 0 amide bonds. The van der Waals surface area contributed by atoms with Crippen LogP contribution < -0.4 is 0 Å². The van der Waals surface area contributed by atoms with Gasteiger partial charge in [-0.15, -0.1) is 0 Å². The fraction of sp³-hybridized carbons (Fsp3) is 0.667. The normalized spacial score (nSPS) is 18.6. The first-order valence-corrected chi connectivity index (χ1v) is 8.65. The number of aliphatic hydroxyl groups is 1. The van der Waals surface area contributed by atoms with Gasteiger partial charge in [0.15, 0.2) is 6.29 Å². The van der Waals surface area contributed by atoms with Crippen LogP contribution in [-0.2, 0) is 15.1 Å². The molecule has 1 aromatic rings. The Morgan fingerprint density at radius 1 is 1.23 bits per heavy atom. The molecule has 0 bridgehead atoms. The van der Waals surface area contributed by atoms with Gasteiger partial charge in [-0.1, -0.05) is 44.7 Å². The smallest absolute Gasteiger partial charge is 0.184 e. The lowest BCUT2D eigenvalue weighted by atomic mass is 9.81. The topological polar surface area (TPSA) is 38.7 Å². The number of hydrogen-bond acceptors (Lipinski definition) is 3. The fourth-order valence-corrected chi connectivity index (χ4v) is 3.42. The summed E-state index contributed by atoms with van der Waals surface area (Å²) in [6.07, 6.45) is 4.24. The molecule has 3 nitrogen and oxygen atoms in total. The molecule has 1 unspecified atom stereocenters. The van der Waals surface area contributed by atoms with E-state index < -0.39 is 11.9 Å². The molecule has 0 aliphatic carbocycles. The molecule has 1 N–H and O–H groups in total. The van der Waals surface area contributed by atoms with Crippen LogP contribution in [0.15, 0.2) is 12.1 Å². The van der Waals surface area contributed by atoms with E-state index in [1.54, 1.807) is 0 Å². The number of benzene rings is 1. The lowest BCUT2D eigenvalue weighted by Crippen LogP contribution is -2.28. The summed E-state index contributed by atoms with van der Waals surface area (Å²) in [7, 11) is 0. The molecule has 124 valence electrons. The molecular weight excluding hydrogens is 300 g/mol. The molecule has 0 saturated carbocycles. The van der Waals surface area contributed by atoms with Crippen molar-refractivity contribution in [1.82, 2.24) is 0 Å². The zero-order valence-corrected chi connectivity index (χ0v) is 14.6. The second-order valence-electron chi connectivity index (χ2n) is 6.10. The van der Waals surface area contributed by atoms with E-state index in [1.165, 1.54) is 0 Å². The van der Waals surface area contributed by atoms with Gasteiger partial charge < -0.3 is 14.6 Å². The number of aryl methyl sites for hydroxylation is 1. The van der Waals surface area contributed by atoms with Crippen LogP contribution in [0.4, 0.5) is 0 Å². The van der Waals surface area contributed by atoms with Gasteiger partial charge in [0.25, 0.3) is 0 Å². The van der Waals surface area contributed by atoms with Crippen LogP contribution >= 0.6 is 11.6 Å². The van der Waals surface area contributed by atoms with Gasteiger partial charge in [0, 0.05) is 10.6 Å². The minimum Gasteiger partial charge on any atom is -0.385 e.